The summed E-state index contributed by atoms with van der Waals surface area (Å²) >= 11 is 0. The molecule has 4 heterocycles. The molecule has 0 N–H and O–H groups in total. The first kappa shape index (κ1) is 18.3. The molecule has 0 saturated carbocycles. The second-order valence-electron chi connectivity index (χ2n) is 9.36. The molecule has 9 rings (SSSR count). The molecular formula is C30H14N4O2. The van der Waals surface area contributed by atoms with Crippen LogP contribution >= 0.6 is 0 Å². The third-order valence-electron chi connectivity index (χ3n) is 7.61. The molecule has 4 aromatic heterocycles. The lowest BCUT2D eigenvalue weighted by molar-refractivity contribution is 1.15. The minimum Gasteiger partial charge on any atom is -0.268 e. The fourth-order valence-corrected chi connectivity index (χ4v) is 6.12. The molecule has 9 aromatic rings. The van der Waals surface area contributed by atoms with Gasteiger partial charge in [0.25, 0.3) is 11.1 Å². The molecule has 0 atom stereocenters. The van der Waals surface area contributed by atoms with Gasteiger partial charge in [-0.1, -0.05) is 36.4 Å². The zero-order chi connectivity index (χ0) is 23.7. The number of pyridine rings is 2. The van der Waals surface area contributed by atoms with Crippen LogP contribution in [0.1, 0.15) is 0 Å². The Bertz CT molecular complexity index is 2520. The van der Waals surface area contributed by atoms with E-state index in [2.05, 4.69) is 0 Å². The highest BCUT2D eigenvalue weighted by molar-refractivity contribution is 6.28. The van der Waals surface area contributed by atoms with Crippen LogP contribution in [0.5, 0.6) is 0 Å². The largest absolute Gasteiger partial charge is 0.268 e. The van der Waals surface area contributed by atoms with Gasteiger partial charge in [0.2, 0.25) is 0 Å². The van der Waals surface area contributed by atoms with Crippen molar-refractivity contribution in [2.75, 3.05) is 0 Å². The van der Waals surface area contributed by atoms with E-state index in [1.54, 1.807) is 8.80 Å². The van der Waals surface area contributed by atoms with E-state index < -0.39 is 0 Å². The molecule has 0 bridgehead atoms. The van der Waals surface area contributed by atoms with Gasteiger partial charge in [-0.05, 0) is 53.9 Å². The molecule has 6 nitrogen and oxygen atoms in total. The Morgan fingerprint density at radius 1 is 0.472 bits per heavy atom. The van der Waals surface area contributed by atoms with Gasteiger partial charge in [0.15, 0.2) is 0 Å². The number of imidazole rings is 1. The van der Waals surface area contributed by atoms with Crippen molar-refractivity contribution in [1.82, 2.24) is 18.8 Å². The first-order valence-corrected chi connectivity index (χ1v) is 11.8. The molecule has 0 saturated heterocycles. The second kappa shape index (κ2) is 5.93. The molecule has 0 amide bonds. The zero-order valence-corrected chi connectivity index (χ0v) is 18.7. The predicted molar refractivity (Wildman–Crippen MR) is 144 cm³/mol. The highest BCUT2D eigenvalue weighted by Crippen LogP contribution is 2.37. The second-order valence-corrected chi connectivity index (χ2v) is 9.36. The Labute approximate surface area is 200 Å². The quantitative estimate of drug-likeness (QED) is 0.221. The number of benzene rings is 5. The average molecular weight is 462 g/mol. The van der Waals surface area contributed by atoms with Crippen LogP contribution in [0.3, 0.4) is 0 Å². The smallest absolute Gasteiger partial charge is 0.264 e. The molecule has 0 fully saturated rings. The zero-order valence-electron chi connectivity index (χ0n) is 18.7. The fourth-order valence-electron chi connectivity index (χ4n) is 6.12. The summed E-state index contributed by atoms with van der Waals surface area (Å²) in [7, 11) is 0. The Kier molecular flexibility index (Phi) is 3.01. The van der Waals surface area contributed by atoms with E-state index in [9.17, 15) is 9.59 Å². The molecule has 6 heteroatoms. The Hall–Kier alpha value is -5.10. The summed E-state index contributed by atoms with van der Waals surface area (Å²) in [5, 5.41) is 6.38. The summed E-state index contributed by atoms with van der Waals surface area (Å²) in [6.07, 6.45) is 0. The van der Waals surface area contributed by atoms with Gasteiger partial charge in [-0.15, -0.1) is 0 Å². The molecule has 0 radical (unpaired) electrons. The van der Waals surface area contributed by atoms with Crippen LogP contribution in [0.4, 0.5) is 0 Å². The maximum atomic E-state index is 14.0. The number of para-hydroxylation sites is 2. The molecule has 166 valence electrons. The lowest BCUT2D eigenvalue weighted by Crippen LogP contribution is -2.18. The molecule has 0 aliphatic rings. The van der Waals surface area contributed by atoms with Gasteiger partial charge in [0, 0.05) is 37.7 Å². The van der Waals surface area contributed by atoms with Crippen molar-refractivity contribution in [2.45, 2.75) is 0 Å². The molecule has 5 aromatic carbocycles. The van der Waals surface area contributed by atoms with E-state index in [4.69, 9.17) is 9.97 Å². The number of hydrogen-bond donors (Lipinski definition) is 0. The number of hydrogen-bond acceptors (Lipinski definition) is 4. The van der Waals surface area contributed by atoms with Gasteiger partial charge in [0.1, 0.15) is 11.3 Å². The lowest BCUT2D eigenvalue weighted by atomic mass is 9.96. The molecule has 36 heavy (non-hydrogen) atoms. The molecule has 0 spiro atoms. The van der Waals surface area contributed by atoms with E-state index in [1.807, 2.05) is 84.9 Å². The van der Waals surface area contributed by atoms with Crippen LogP contribution in [0, 0.1) is 0 Å². The van der Waals surface area contributed by atoms with Crippen molar-refractivity contribution in [1.29, 1.82) is 0 Å². The third kappa shape index (κ3) is 1.93. The van der Waals surface area contributed by atoms with Crippen molar-refractivity contribution in [3.63, 3.8) is 0 Å². The molecular weight excluding hydrogens is 448 g/mol. The van der Waals surface area contributed by atoms with Gasteiger partial charge >= 0.3 is 0 Å². The topological polar surface area (TPSA) is 68.7 Å². The van der Waals surface area contributed by atoms with E-state index in [0.717, 1.165) is 54.4 Å². The normalized spacial score (nSPS) is 12.7. The third-order valence-corrected chi connectivity index (χ3v) is 7.61. The van der Waals surface area contributed by atoms with Crippen molar-refractivity contribution >= 4 is 76.5 Å². The summed E-state index contributed by atoms with van der Waals surface area (Å²) in [5.41, 5.74) is 4.13. The van der Waals surface area contributed by atoms with Crippen LogP contribution < -0.4 is 11.1 Å². The van der Waals surface area contributed by atoms with Crippen LogP contribution in [-0.2, 0) is 0 Å². The number of rotatable bonds is 0. The highest BCUT2D eigenvalue weighted by Gasteiger charge is 2.22. The first-order valence-electron chi connectivity index (χ1n) is 11.8. The van der Waals surface area contributed by atoms with Crippen molar-refractivity contribution in [3.05, 3.63) is 106 Å². The van der Waals surface area contributed by atoms with Gasteiger partial charge in [-0.3, -0.25) is 18.4 Å². The number of nitrogens with zero attached hydrogens (tertiary/aromatic N) is 4. The summed E-state index contributed by atoms with van der Waals surface area (Å²) in [4.78, 5) is 37.6. The van der Waals surface area contributed by atoms with E-state index in [0.29, 0.717) is 22.1 Å². The predicted octanol–water partition coefficient (Wildman–Crippen LogP) is 5.50. The monoisotopic (exact) mass is 462 g/mol. The van der Waals surface area contributed by atoms with Gasteiger partial charge in [-0.2, -0.15) is 0 Å². The van der Waals surface area contributed by atoms with E-state index in [1.165, 1.54) is 0 Å². The average Bonchev–Trinajstić information content (AvgIpc) is 3.31. The van der Waals surface area contributed by atoms with Crippen LogP contribution in [0.15, 0.2) is 94.5 Å². The van der Waals surface area contributed by atoms with Crippen molar-refractivity contribution in [2.24, 2.45) is 0 Å². The lowest BCUT2D eigenvalue weighted by Gasteiger charge is -2.15. The SMILES string of the molecule is O=c1c2ccc3c4c(ccc(c24)c2nc4ccccc4n12)c(=O)n1c2cccc4cccc(nc31)c42. The van der Waals surface area contributed by atoms with Gasteiger partial charge in [-0.25, -0.2) is 9.97 Å². The maximum absolute atomic E-state index is 14.0. The number of fused-ring (bicyclic) bond motifs is 7. The summed E-state index contributed by atoms with van der Waals surface area (Å²) in [6.45, 7) is 0. The van der Waals surface area contributed by atoms with Gasteiger partial charge in [0.05, 0.1) is 22.1 Å². The summed E-state index contributed by atoms with van der Waals surface area (Å²) in [6, 6.07) is 27.2. The Morgan fingerprint density at radius 3 is 1.72 bits per heavy atom. The summed E-state index contributed by atoms with van der Waals surface area (Å²) < 4.78 is 3.40. The minimum atomic E-state index is -0.140. The van der Waals surface area contributed by atoms with Crippen molar-refractivity contribution < 1.29 is 0 Å². The Balaban J connectivity index is 1.62. The van der Waals surface area contributed by atoms with Crippen molar-refractivity contribution in [3.8, 4) is 0 Å². The molecule has 0 aliphatic carbocycles. The highest BCUT2D eigenvalue weighted by atomic mass is 16.1. The maximum Gasteiger partial charge on any atom is 0.264 e. The fraction of sp³-hybridized carbons (Fsp3) is 0. The first-order chi connectivity index (χ1) is 17.7. The Morgan fingerprint density at radius 2 is 1.00 bits per heavy atom. The van der Waals surface area contributed by atoms with E-state index >= 15 is 0 Å². The van der Waals surface area contributed by atoms with Crippen LogP contribution in [0.2, 0.25) is 0 Å². The standard InChI is InChI=1S/C30H14N4O2/c35-29-18-13-12-17-26-19(14-11-16(25(18)26)27-31-20-7-1-2-9-22(20)33(27)29)30(36)34-23-10-4-6-15-5-3-8-21(24(15)23)32-28(17)34/h1-14H. The van der Waals surface area contributed by atoms with Gasteiger partial charge < -0.3 is 0 Å². The van der Waals surface area contributed by atoms with E-state index in [-0.39, 0.29) is 11.1 Å². The molecule has 0 unspecified atom stereocenters. The number of aromatic nitrogens is 4. The summed E-state index contributed by atoms with van der Waals surface area (Å²) in [5.74, 6) is 0. The minimum absolute atomic E-state index is 0.134. The van der Waals surface area contributed by atoms with Crippen LogP contribution in [-0.4, -0.2) is 18.8 Å². The molecule has 0 aliphatic heterocycles. The van der Waals surface area contributed by atoms with Crippen LogP contribution in [0.25, 0.3) is 76.5 Å².